The minimum absolute atomic E-state index is 0.346. The number of likely N-dealkylation sites (N-methyl/N-ethyl adjacent to an activating group) is 1. The van der Waals surface area contributed by atoms with Crippen molar-refractivity contribution in [2.75, 3.05) is 27.4 Å². The van der Waals surface area contributed by atoms with E-state index in [1.54, 1.807) is 0 Å². The van der Waals surface area contributed by atoms with Crippen LogP contribution in [0.1, 0.15) is 25.8 Å². The largest absolute Gasteiger partial charge is 0.454 e. The van der Waals surface area contributed by atoms with Gasteiger partial charge in [-0.2, -0.15) is 0 Å². The summed E-state index contributed by atoms with van der Waals surface area (Å²) in [5.41, 5.74) is 1.31. The molecule has 2 unspecified atom stereocenters. The Morgan fingerprint density at radius 2 is 1.95 bits per heavy atom. The van der Waals surface area contributed by atoms with Crippen LogP contribution in [-0.4, -0.2) is 44.4 Å². The van der Waals surface area contributed by atoms with E-state index in [9.17, 15) is 0 Å². The highest BCUT2D eigenvalue weighted by atomic mass is 16.7. The first-order valence-electron chi connectivity index (χ1n) is 7.34. The Morgan fingerprint density at radius 1 is 1.20 bits per heavy atom. The number of benzene rings is 1. The lowest BCUT2D eigenvalue weighted by Gasteiger charge is -2.22. The minimum Gasteiger partial charge on any atom is -0.454 e. The molecule has 1 aliphatic heterocycles. The molecule has 4 nitrogen and oxygen atoms in total. The Bertz CT molecular complexity index is 434. The van der Waals surface area contributed by atoms with Crippen LogP contribution in [-0.2, 0) is 6.42 Å². The Balaban J connectivity index is 1.74. The van der Waals surface area contributed by atoms with Crippen molar-refractivity contribution in [3.63, 3.8) is 0 Å². The summed E-state index contributed by atoms with van der Waals surface area (Å²) in [4.78, 5) is 2.23. The van der Waals surface area contributed by atoms with Crippen LogP contribution in [0.15, 0.2) is 18.2 Å². The van der Waals surface area contributed by atoms with Crippen molar-refractivity contribution in [3.8, 4) is 11.5 Å². The number of ether oxygens (including phenoxy) is 2. The summed E-state index contributed by atoms with van der Waals surface area (Å²) < 4.78 is 10.7. The van der Waals surface area contributed by atoms with E-state index in [0.29, 0.717) is 18.9 Å². The van der Waals surface area contributed by atoms with Gasteiger partial charge in [0.25, 0.3) is 0 Å². The van der Waals surface area contributed by atoms with Gasteiger partial charge >= 0.3 is 0 Å². The number of fused-ring (bicyclic) bond motifs is 1. The molecule has 0 fully saturated rings. The van der Waals surface area contributed by atoms with Gasteiger partial charge in [-0.05, 0) is 58.5 Å². The molecule has 2 rings (SSSR count). The summed E-state index contributed by atoms with van der Waals surface area (Å²) in [7, 11) is 4.23. The van der Waals surface area contributed by atoms with Crippen molar-refractivity contribution in [1.82, 2.24) is 10.2 Å². The van der Waals surface area contributed by atoms with Gasteiger partial charge in [-0.25, -0.2) is 0 Å². The molecule has 4 heteroatoms. The van der Waals surface area contributed by atoms with Crippen LogP contribution in [0.5, 0.6) is 11.5 Å². The quantitative estimate of drug-likeness (QED) is 0.829. The summed E-state index contributed by atoms with van der Waals surface area (Å²) in [6.45, 7) is 5.85. The SMILES string of the molecule is CC(CCc1ccc2c(c1)OCO2)NCC(C)N(C)C. The molecule has 0 spiro atoms. The van der Waals surface area contributed by atoms with Crippen molar-refractivity contribution < 1.29 is 9.47 Å². The van der Waals surface area contributed by atoms with Crippen molar-refractivity contribution in [3.05, 3.63) is 23.8 Å². The second-order valence-electron chi connectivity index (χ2n) is 5.85. The lowest BCUT2D eigenvalue weighted by molar-refractivity contribution is 0.174. The Morgan fingerprint density at radius 3 is 2.70 bits per heavy atom. The van der Waals surface area contributed by atoms with Crippen LogP contribution >= 0.6 is 0 Å². The predicted molar refractivity (Wildman–Crippen MR) is 81.5 cm³/mol. The molecule has 1 aromatic carbocycles. The third-order valence-corrected chi connectivity index (χ3v) is 3.95. The first-order chi connectivity index (χ1) is 9.56. The highest BCUT2D eigenvalue weighted by Gasteiger charge is 2.13. The fraction of sp³-hybridized carbons (Fsp3) is 0.625. The van der Waals surface area contributed by atoms with Crippen molar-refractivity contribution in [1.29, 1.82) is 0 Å². The van der Waals surface area contributed by atoms with E-state index in [-0.39, 0.29) is 0 Å². The molecule has 0 bridgehead atoms. The molecule has 0 saturated carbocycles. The van der Waals surface area contributed by atoms with Gasteiger partial charge in [-0.1, -0.05) is 6.07 Å². The van der Waals surface area contributed by atoms with E-state index in [1.807, 2.05) is 6.07 Å². The average molecular weight is 278 g/mol. The third kappa shape index (κ3) is 4.12. The van der Waals surface area contributed by atoms with Crippen LogP contribution < -0.4 is 14.8 Å². The molecular formula is C16H26N2O2. The molecule has 0 aromatic heterocycles. The summed E-state index contributed by atoms with van der Waals surface area (Å²) in [5, 5.41) is 3.59. The molecule has 1 N–H and O–H groups in total. The van der Waals surface area contributed by atoms with E-state index in [2.05, 4.69) is 50.3 Å². The van der Waals surface area contributed by atoms with Crippen molar-refractivity contribution >= 4 is 0 Å². The summed E-state index contributed by atoms with van der Waals surface area (Å²) in [6.07, 6.45) is 2.18. The lowest BCUT2D eigenvalue weighted by Crippen LogP contribution is -2.39. The van der Waals surface area contributed by atoms with Crippen molar-refractivity contribution in [2.24, 2.45) is 0 Å². The van der Waals surface area contributed by atoms with Gasteiger partial charge in [0.2, 0.25) is 6.79 Å². The summed E-state index contributed by atoms with van der Waals surface area (Å²) >= 11 is 0. The molecule has 0 saturated heterocycles. The number of hydrogen-bond donors (Lipinski definition) is 1. The molecule has 0 aliphatic carbocycles. The van der Waals surface area contributed by atoms with Gasteiger partial charge in [-0.3, -0.25) is 0 Å². The average Bonchev–Trinajstić information content (AvgIpc) is 2.89. The van der Waals surface area contributed by atoms with Crippen LogP contribution in [0.4, 0.5) is 0 Å². The summed E-state index contributed by atoms with van der Waals surface area (Å²) in [6, 6.07) is 7.30. The number of hydrogen-bond acceptors (Lipinski definition) is 4. The van der Waals surface area contributed by atoms with E-state index in [1.165, 1.54) is 5.56 Å². The van der Waals surface area contributed by atoms with Gasteiger partial charge in [0.15, 0.2) is 11.5 Å². The normalized spacial score (nSPS) is 16.4. The monoisotopic (exact) mass is 278 g/mol. The first-order valence-corrected chi connectivity index (χ1v) is 7.34. The first kappa shape index (κ1) is 15.1. The van der Waals surface area contributed by atoms with Crippen molar-refractivity contribution in [2.45, 2.75) is 38.8 Å². The van der Waals surface area contributed by atoms with Crippen LogP contribution in [0.25, 0.3) is 0 Å². The molecular weight excluding hydrogens is 252 g/mol. The van der Waals surface area contributed by atoms with E-state index in [4.69, 9.17) is 9.47 Å². The highest BCUT2D eigenvalue weighted by Crippen LogP contribution is 2.32. The number of nitrogens with zero attached hydrogens (tertiary/aromatic N) is 1. The number of aryl methyl sites for hydroxylation is 1. The fourth-order valence-corrected chi connectivity index (χ4v) is 2.14. The van der Waals surface area contributed by atoms with Gasteiger partial charge in [0.05, 0.1) is 0 Å². The maximum atomic E-state index is 5.41. The lowest BCUT2D eigenvalue weighted by atomic mass is 10.1. The number of nitrogens with one attached hydrogen (secondary N) is 1. The zero-order valence-electron chi connectivity index (χ0n) is 13.0. The zero-order chi connectivity index (χ0) is 14.5. The molecule has 20 heavy (non-hydrogen) atoms. The smallest absolute Gasteiger partial charge is 0.231 e. The van der Waals surface area contributed by atoms with Gasteiger partial charge < -0.3 is 19.7 Å². The van der Waals surface area contributed by atoms with Crippen LogP contribution in [0.2, 0.25) is 0 Å². The summed E-state index contributed by atoms with van der Waals surface area (Å²) in [5.74, 6) is 1.74. The van der Waals surface area contributed by atoms with E-state index < -0.39 is 0 Å². The minimum atomic E-state index is 0.346. The zero-order valence-corrected chi connectivity index (χ0v) is 13.0. The maximum absolute atomic E-state index is 5.41. The van der Waals surface area contributed by atoms with Gasteiger partial charge in [-0.15, -0.1) is 0 Å². The Kier molecular flexibility index (Phi) is 5.26. The molecule has 0 radical (unpaired) electrons. The molecule has 2 atom stereocenters. The van der Waals surface area contributed by atoms with Crippen LogP contribution in [0, 0.1) is 0 Å². The molecule has 1 heterocycles. The Hall–Kier alpha value is -1.26. The molecule has 112 valence electrons. The van der Waals surface area contributed by atoms with E-state index >= 15 is 0 Å². The topological polar surface area (TPSA) is 33.7 Å². The second kappa shape index (κ2) is 6.95. The highest BCUT2D eigenvalue weighted by molar-refractivity contribution is 5.44. The number of rotatable bonds is 7. The predicted octanol–water partition coefficient (Wildman–Crippen LogP) is 2.28. The fourth-order valence-electron chi connectivity index (χ4n) is 2.14. The molecule has 1 aromatic rings. The van der Waals surface area contributed by atoms with Crippen LogP contribution in [0.3, 0.4) is 0 Å². The third-order valence-electron chi connectivity index (χ3n) is 3.95. The Labute approximate surface area is 122 Å². The van der Waals surface area contributed by atoms with E-state index in [0.717, 1.165) is 30.9 Å². The van der Waals surface area contributed by atoms with Gasteiger partial charge in [0, 0.05) is 18.6 Å². The maximum Gasteiger partial charge on any atom is 0.231 e. The molecule has 1 aliphatic rings. The standard InChI is InChI=1S/C16H26N2O2/c1-12(17-10-13(2)18(3)4)5-6-14-7-8-15-16(9-14)20-11-19-15/h7-9,12-13,17H,5-6,10-11H2,1-4H3. The van der Waals surface area contributed by atoms with Gasteiger partial charge in [0.1, 0.15) is 0 Å². The molecule has 0 amide bonds. The second-order valence-corrected chi connectivity index (χ2v) is 5.85.